The van der Waals surface area contributed by atoms with Crippen molar-refractivity contribution < 1.29 is 14.6 Å². The van der Waals surface area contributed by atoms with Crippen molar-refractivity contribution in [1.82, 2.24) is 5.32 Å². The fourth-order valence-electron chi connectivity index (χ4n) is 3.26. The van der Waals surface area contributed by atoms with Gasteiger partial charge in [0, 0.05) is 18.6 Å². The van der Waals surface area contributed by atoms with Crippen molar-refractivity contribution in [1.29, 1.82) is 0 Å². The molecule has 20 heavy (non-hydrogen) atoms. The Balaban J connectivity index is 1.59. The Morgan fingerprint density at radius 2 is 2.15 bits per heavy atom. The predicted octanol–water partition coefficient (Wildman–Crippen LogP) is 1.82. The minimum atomic E-state index is -0.00362. The normalized spacial score (nSPS) is 32.9. The van der Waals surface area contributed by atoms with Crippen LogP contribution in [0.1, 0.15) is 19.8 Å². The molecule has 0 amide bonds. The van der Waals surface area contributed by atoms with Crippen LogP contribution < -0.4 is 14.8 Å². The van der Waals surface area contributed by atoms with E-state index in [-0.39, 0.29) is 18.1 Å². The van der Waals surface area contributed by atoms with Gasteiger partial charge in [-0.3, -0.25) is 0 Å². The molecule has 4 nitrogen and oxygen atoms in total. The number of ether oxygens (including phenoxy) is 2. The Morgan fingerprint density at radius 1 is 1.35 bits per heavy atom. The van der Waals surface area contributed by atoms with Crippen molar-refractivity contribution in [2.24, 2.45) is 11.3 Å². The number of aliphatic hydroxyl groups is 1. The van der Waals surface area contributed by atoms with Crippen LogP contribution in [0, 0.1) is 11.3 Å². The van der Waals surface area contributed by atoms with E-state index in [4.69, 9.17) is 9.47 Å². The Labute approximate surface area is 120 Å². The molecule has 0 saturated carbocycles. The van der Waals surface area contributed by atoms with Crippen molar-refractivity contribution in [2.75, 3.05) is 26.3 Å². The first kappa shape index (κ1) is 13.7. The summed E-state index contributed by atoms with van der Waals surface area (Å²) in [6, 6.07) is 7.82. The lowest BCUT2D eigenvalue weighted by Gasteiger charge is -2.39. The summed E-state index contributed by atoms with van der Waals surface area (Å²) in [5.41, 5.74) is -0.00362. The molecule has 2 aliphatic heterocycles. The Hall–Kier alpha value is -1.26. The summed E-state index contributed by atoms with van der Waals surface area (Å²) in [5.74, 6) is 2.21. The van der Waals surface area contributed by atoms with Gasteiger partial charge in [-0.2, -0.15) is 0 Å². The molecular formula is C16H23NO3. The highest BCUT2D eigenvalue weighted by atomic mass is 16.6. The number of hydrogen-bond acceptors (Lipinski definition) is 4. The van der Waals surface area contributed by atoms with Crippen LogP contribution in [0.5, 0.6) is 11.5 Å². The van der Waals surface area contributed by atoms with Crippen molar-refractivity contribution in [3.05, 3.63) is 24.3 Å². The van der Waals surface area contributed by atoms with Crippen LogP contribution in [0.3, 0.4) is 0 Å². The molecule has 1 aromatic rings. The van der Waals surface area contributed by atoms with E-state index < -0.39 is 0 Å². The fraction of sp³-hybridized carbons (Fsp3) is 0.625. The highest BCUT2D eigenvalue weighted by Crippen LogP contribution is 2.35. The molecule has 3 rings (SSSR count). The number of para-hydroxylation sites is 2. The van der Waals surface area contributed by atoms with Gasteiger partial charge in [0.1, 0.15) is 12.7 Å². The van der Waals surface area contributed by atoms with E-state index in [1.165, 1.54) is 0 Å². The van der Waals surface area contributed by atoms with Gasteiger partial charge in [-0.15, -0.1) is 0 Å². The zero-order valence-corrected chi connectivity index (χ0v) is 12.0. The molecule has 1 aromatic carbocycles. The molecule has 0 aliphatic carbocycles. The van der Waals surface area contributed by atoms with Gasteiger partial charge in [-0.1, -0.05) is 19.1 Å². The number of rotatable bonds is 3. The van der Waals surface area contributed by atoms with Gasteiger partial charge in [-0.05, 0) is 37.4 Å². The molecule has 1 fully saturated rings. The van der Waals surface area contributed by atoms with Gasteiger partial charge < -0.3 is 19.9 Å². The summed E-state index contributed by atoms with van der Waals surface area (Å²) in [4.78, 5) is 0. The smallest absolute Gasteiger partial charge is 0.161 e. The average Bonchev–Trinajstić information content (AvgIpc) is 2.47. The maximum atomic E-state index is 9.51. The van der Waals surface area contributed by atoms with E-state index in [2.05, 4.69) is 12.2 Å². The van der Waals surface area contributed by atoms with E-state index in [9.17, 15) is 5.11 Å². The number of benzene rings is 1. The molecule has 2 N–H and O–H groups in total. The minimum absolute atomic E-state index is 0.00362. The lowest BCUT2D eigenvalue weighted by molar-refractivity contribution is 0.0404. The molecule has 3 unspecified atom stereocenters. The number of aliphatic hydroxyl groups excluding tert-OH is 1. The molecule has 4 heteroatoms. The zero-order valence-electron chi connectivity index (χ0n) is 12.0. The van der Waals surface area contributed by atoms with Gasteiger partial charge >= 0.3 is 0 Å². The lowest BCUT2D eigenvalue weighted by Crippen LogP contribution is -2.46. The van der Waals surface area contributed by atoms with Crippen LogP contribution >= 0.6 is 0 Å². The molecule has 0 radical (unpaired) electrons. The second kappa shape index (κ2) is 5.62. The molecule has 0 bridgehead atoms. The summed E-state index contributed by atoms with van der Waals surface area (Å²) in [6.07, 6.45) is 2.12. The first-order valence-corrected chi connectivity index (χ1v) is 7.39. The van der Waals surface area contributed by atoms with Crippen molar-refractivity contribution in [2.45, 2.75) is 25.9 Å². The third kappa shape index (κ3) is 2.91. The third-order valence-corrected chi connectivity index (χ3v) is 4.31. The Bertz CT molecular complexity index is 465. The summed E-state index contributed by atoms with van der Waals surface area (Å²) in [5, 5.41) is 12.9. The summed E-state index contributed by atoms with van der Waals surface area (Å²) < 4.78 is 11.8. The summed E-state index contributed by atoms with van der Waals surface area (Å²) >= 11 is 0. The Morgan fingerprint density at radius 3 is 2.95 bits per heavy atom. The van der Waals surface area contributed by atoms with E-state index >= 15 is 0 Å². The standard InChI is InChI=1S/C16H23NO3/c1-16(11-18)7-12(8-17-10-16)6-13-9-19-14-4-2-3-5-15(14)20-13/h2-5,12-13,17-18H,6-11H2,1H3. The van der Waals surface area contributed by atoms with Crippen molar-refractivity contribution in [3.63, 3.8) is 0 Å². The van der Waals surface area contributed by atoms with Crippen molar-refractivity contribution in [3.8, 4) is 11.5 Å². The van der Waals surface area contributed by atoms with Crippen LogP contribution in [-0.2, 0) is 0 Å². The van der Waals surface area contributed by atoms with Crippen molar-refractivity contribution >= 4 is 0 Å². The SMILES string of the molecule is CC1(CO)CNCC(CC2COc3ccccc3O2)C1. The molecule has 110 valence electrons. The molecule has 0 spiro atoms. The van der Waals surface area contributed by atoms with E-state index in [0.717, 1.165) is 37.4 Å². The molecule has 2 aliphatic rings. The second-order valence-electron chi connectivity index (χ2n) is 6.40. The zero-order chi connectivity index (χ0) is 14.0. The molecule has 1 saturated heterocycles. The third-order valence-electron chi connectivity index (χ3n) is 4.31. The molecular weight excluding hydrogens is 254 g/mol. The number of fused-ring (bicyclic) bond motifs is 1. The van der Waals surface area contributed by atoms with Gasteiger partial charge in [0.05, 0.1) is 0 Å². The molecule has 3 atom stereocenters. The minimum Gasteiger partial charge on any atom is -0.486 e. The Kier molecular flexibility index (Phi) is 3.85. The van der Waals surface area contributed by atoms with Crippen LogP contribution in [0.25, 0.3) is 0 Å². The largest absolute Gasteiger partial charge is 0.486 e. The number of hydrogen-bond donors (Lipinski definition) is 2. The van der Waals surface area contributed by atoms with E-state index in [0.29, 0.717) is 12.5 Å². The molecule has 2 heterocycles. The highest BCUT2D eigenvalue weighted by Gasteiger charge is 2.34. The number of piperidine rings is 1. The van der Waals surface area contributed by atoms with Gasteiger partial charge in [0.25, 0.3) is 0 Å². The van der Waals surface area contributed by atoms with Crippen LogP contribution in [-0.4, -0.2) is 37.5 Å². The fourth-order valence-corrected chi connectivity index (χ4v) is 3.26. The quantitative estimate of drug-likeness (QED) is 0.885. The number of nitrogens with one attached hydrogen (secondary N) is 1. The van der Waals surface area contributed by atoms with E-state index in [1.807, 2.05) is 24.3 Å². The molecule has 0 aromatic heterocycles. The predicted molar refractivity (Wildman–Crippen MR) is 77.1 cm³/mol. The summed E-state index contributed by atoms with van der Waals surface area (Å²) in [7, 11) is 0. The topological polar surface area (TPSA) is 50.7 Å². The summed E-state index contributed by atoms with van der Waals surface area (Å²) in [6.45, 7) is 4.88. The van der Waals surface area contributed by atoms with Gasteiger partial charge in [0.2, 0.25) is 0 Å². The van der Waals surface area contributed by atoms with E-state index in [1.54, 1.807) is 0 Å². The maximum Gasteiger partial charge on any atom is 0.161 e. The van der Waals surface area contributed by atoms with Gasteiger partial charge in [-0.25, -0.2) is 0 Å². The highest BCUT2D eigenvalue weighted by molar-refractivity contribution is 5.40. The van der Waals surface area contributed by atoms with Gasteiger partial charge in [0.15, 0.2) is 11.5 Å². The lowest BCUT2D eigenvalue weighted by atomic mass is 9.77. The monoisotopic (exact) mass is 277 g/mol. The second-order valence-corrected chi connectivity index (χ2v) is 6.40. The van der Waals surface area contributed by atoms with Crippen LogP contribution in [0.4, 0.5) is 0 Å². The first-order valence-electron chi connectivity index (χ1n) is 7.39. The van der Waals surface area contributed by atoms with Crippen LogP contribution in [0.2, 0.25) is 0 Å². The first-order chi connectivity index (χ1) is 9.68. The average molecular weight is 277 g/mol. The maximum absolute atomic E-state index is 9.51. The van der Waals surface area contributed by atoms with Crippen LogP contribution in [0.15, 0.2) is 24.3 Å².